The van der Waals surface area contributed by atoms with Crippen molar-refractivity contribution in [2.24, 2.45) is 0 Å². The van der Waals surface area contributed by atoms with E-state index in [-0.39, 0.29) is 0 Å². The van der Waals surface area contributed by atoms with Gasteiger partial charge in [0, 0.05) is 0 Å². The van der Waals surface area contributed by atoms with E-state index in [1.54, 1.807) is 0 Å². The minimum atomic E-state index is -9.75. The molecule has 0 aromatic carbocycles. The molecule has 0 saturated heterocycles. The van der Waals surface area contributed by atoms with Crippen LogP contribution in [0.1, 0.15) is 0 Å². The maximum atomic E-state index is 14.3. The average molecular weight is 1270 g/mol. The van der Waals surface area contributed by atoms with Crippen LogP contribution in [0.4, 0.5) is 198 Å². The molecule has 6 nitrogen and oxygen atoms in total. The largest absolute Gasteiger partial charge is 1.20 e. The SMILES string of the molecule is O=C([O][Al]([O]C(=O)C(F)(F)C(F)(F)C(F)(F)C(F)(F)C(F)(F)C(F)(F)C(F)(F)F)[O]C(=O)C(F)(F)C(F)(F)C(F)(F)C(F)(F)C(F)(F)C(F)(F)C(F)(F)F)C(F)(F)C(F)(F)C(F)(F)C(F)(F)C(F)(F)C(F)(F)C(F)(F)F. The summed E-state index contributed by atoms with van der Waals surface area (Å²) < 4.78 is 611. The summed E-state index contributed by atoms with van der Waals surface area (Å²) in [5, 5.41) is 0. The Bertz CT molecular complexity index is 1920. The maximum Gasteiger partial charge on any atom is 1.20 e. The normalized spacial score (nSPS) is 16.4. The second-order valence-electron chi connectivity index (χ2n) is 13.3. The zero-order valence-corrected chi connectivity index (χ0v) is 33.2. The summed E-state index contributed by atoms with van der Waals surface area (Å²) in [5.74, 6) is -188. The summed E-state index contributed by atoms with van der Waals surface area (Å²) in [5.41, 5.74) is 0. The first-order valence-corrected chi connectivity index (χ1v) is 17.1. The van der Waals surface area contributed by atoms with E-state index in [1.165, 1.54) is 0 Å². The van der Waals surface area contributed by atoms with Crippen LogP contribution in [0.15, 0.2) is 0 Å². The van der Waals surface area contributed by atoms with E-state index in [1.807, 2.05) is 11.4 Å². The van der Waals surface area contributed by atoms with Crippen molar-refractivity contribution >= 4 is 33.1 Å². The molecule has 0 heterocycles. The molecule has 0 unspecified atom stereocenters. The predicted molar refractivity (Wildman–Crippen MR) is 131 cm³/mol. The Morgan fingerprint density at radius 1 is 0.184 bits per heavy atom. The summed E-state index contributed by atoms with van der Waals surface area (Å²) in [4.78, 5) is 34.8. The number of alkyl halides is 45. The summed E-state index contributed by atoms with van der Waals surface area (Å²) in [7, 11) is 0. The van der Waals surface area contributed by atoms with Crippen LogP contribution in [0.3, 0.4) is 0 Å². The van der Waals surface area contributed by atoms with Gasteiger partial charge in [-0.2, -0.15) is 198 Å². The number of carbonyl (C=O) groups is 3. The van der Waals surface area contributed by atoms with E-state index in [4.69, 9.17) is 0 Å². The van der Waals surface area contributed by atoms with E-state index >= 15 is 0 Å². The third-order valence-electron chi connectivity index (χ3n) is 8.36. The maximum absolute atomic E-state index is 14.3. The van der Waals surface area contributed by atoms with Crippen LogP contribution in [0.2, 0.25) is 0 Å². The van der Waals surface area contributed by atoms with Gasteiger partial charge in [-0.05, 0) is 0 Å². The highest BCUT2D eigenvalue weighted by atomic mass is 27.3. The molecule has 0 aliphatic rings. The minimum absolute atomic E-state index is 1.83. The Hall–Kier alpha value is -4.21. The van der Waals surface area contributed by atoms with Gasteiger partial charge in [-0.15, -0.1) is 0 Å². The predicted octanol–water partition coefficient (Wildman–Crippen LogP) is 12.7. The van der Waals surface area contributed by atoms with Gasteiger partial charge >= 0.3 is 158 Å². The van der Waals surface area contributed by atoms with Gasteiger partial charge in [0.15, 0.2) is 0 Å². The number of carbonyl (C=O) groups excluding carboxylic acids is 3. The van der Waals surface area contributed by atoms with E-state index in [0.717, 1.165) is 0 Å². The first-order valence-electron chi connectivity index (χ1n) is 15.7. The smallest absolute Gasteiger partial charge is 0.546 e. The molecule has 0 amide bonds. The first kappa shape index (κ1) is 71.8. The monoisotopic (exact) mass is 1270 g/mol. The van der Waals surface area contributed by atoms with Gasteiger partial charge in [0.05, 0.1) is 0 Å². The molecule has 0 saturated carbocycles. The van der Waals surface area contributed by atoms with Crippen molar-refractivity contribution in [1.82, 2.24) is 0 Å². The number of hydrogen-bond donors (Lipinski definition) is 0. The van der Waals surface area contributed by atoms with Crippen molar-refractivity contribution in [1.29, 1.82) is 0 Å². The van der Waals surface area contributed by atoms with Crippen LogP contribution in [0, 0.1) is 0 Å². The third kappa shape index (κ3) is 9.37. The van der Waals surface area contributed by atoms with Gasteiger partial charge in [0.25, 0.3) is 0 Å². The Kier molecular flexibility index (Phi) is 17.4. The zero-order chi connectivity index (χ0) is 62.9. The topological polar surface area (TPSA) is 78.9 Å². The van der Waals surface area contributed by atoms with Crippen LogP contribution < -0.4 is 0 Å². The lowest BCUT2D eigenvalue weighted by Crippen LogP contribution is -2.74. The van der Waals surface area contributed by atoms with E-state index in [0.29, 0.717) is 0 Å². The fraction of sp³-hybridized carbons (Fsp3) is 0.875. The van der Waals surface area contributed by atoms with Gasteiger partial charge in [-0.25, -0.2) is 14.4 Å². The van der Waals surface area contributed by atoms with E-state index < -0.39 is 158 Å². The second-order valence-corrected chi connectivity index (χ2v) is 14.6. The zero-order valence-electron chi connectivity index (χ0n) is 32.0. The first-order chi connectivity index (χ1) is 32.0. The van der Waals surface area contributed by atoms with Gasteiger partial charge in [0.1, 0.15) is 0 Å². The summed E-state index contributed by atoms with van der Waals surface area (Å²) >= 11 is -9.00. The summed E-state index contributed by atoms with van der Waals surface area (Å²) in [6.07, 6.45) is -25.5. The Morgan fingerprint density at radius 2 is 0.289 bits per heavy atom. The molecule has 0 aromatic heterocycles. The lowest BCUT2D eigenvalue weighted by atomic mass is 9.91. The summed E-state index contributed by atoms with van der Waals surface area (Å²) in [6.45, 7) is 0. The molecule has 0 bridgehead atoms. The molecule has 76 heavy (non-hydrogen) atoms. The number of rotatable bonds is 21. The van der Waals surface area contributed by atoms with Gasteiger partial charge in [-0.1, -0.05) is 0 Å². The molecule has 0 rings (SSSR count). The lowest BCUT2D eigenvalue weighted by Gasteiger charge is -2.41. The van der Waals surface area contributed by atoms with Crippen molar-refractivity contribution in [3.05, 3.63) is 0 Å². The minimum Gasteiger partial charge on any atom is -0.546 e. The van der Waals surface area contributed by atoms with Crippen molar-refractivity contribution in [2.75, 3.05) is 0 Å². The molecule has 0 fully saturated rings. The molecule has 450 valence electrons. The van der Waals surface area contributed by atoms with Crippen LogP contribution in [0.5, 0.6) is 0 Å². The van der Waals surface area contributed by atoms with Gasteiger partial charge in [-0.3, -0.25) is 0 Å². The third-order valence-corrected chi connectivity index (χ3v) is 9.58. The summed E-state index contributed by atoms with van der Waals surface area (Å²) in [6, 6.07) is 0. The fourth-order valence-corrected chi connectivity index (χ4v) is 4.95. The van der Waals surface area contributed by atoms with Crippen LogP contribution in [-0.2, 0) is 25.7 Å². The average Bonchev–Trinajstić information content (AvgIpc) is 3.17. The molecule has 0 spiro atoms. The van der Waals surface area contributed by atoms with Crippen molar-refractivity contribution in [3.8, 4) is 0 Å². The molecule has 0 aromatic rings. The Morgan fingerprint density at radius 3 is 0.408 bits per heavy atom. The molecule has 0 radical (unpaired) electrons. The Labute approximate surface area is 382 Å². The highest BCUT2D eigenvalue weighted by Crippen LogP contribution is 2.66. The molecule has 0 aliphatic heterocycles. The fourth-order valence-electron chi connectivity index (χ4n) is 3.84. The molecule has 0 aliphatic carbocycles. The Balaban J connectivity index is 8.37. The van der Waals surface area contributed by atoms with Crippen LogP contribution in [-0.4, -0.2) is 158 Å². The standard InChI is InChI=1S/3C8HF15O2.Al/c3*9-2(10,1(24)25)3(11,12)4(13,14)5(15,16)6(17,18)7(19,20)8(21,22)23;/h3*(H,24,25);/q;;;+3/p-3. The lowest BCUT2D eigenvalue weighted by molar-refractivity contribution is -0.450. The van der Waals surface area contributed by atoms with E-state index in [9.17, 15) is 212 Å². The number of halogens is 45. The van der Waals surface area contributed by atoms with Crippen LogP contribution in [0.25, 0.3) is 0 Å². The highest BCUT2D eigenvalue weighted by Gasteiger charge is 2.98. The van der Waals surface area contributed by atoms with Crippen LogP contribution >= 0.6 is 0 Å². The molecule has 52 heteroatoms. The van der Waals surface area contributed by atoms with Crippen molar-refractivity contribution in [2.45, 2.75) is 125 Å². The van der Waals surface area contributed by atoms with Gasteiger partial charge < -0.3 is 11.4 Å². The molecule has 0 atom stereocenters. The van der Waals surface area contributed by atoms with Crippen molar-refractivity contribution < 1.29 is 223 Å². The molecular formula is C24AlF45O6. The van der Waals surface area contributed by atoms with E-state index in [2.05, 4.69) is 0 Å². The highest BCUT2D eigenvalue weighted by molar-refractivity contribution is 6.44. The van der Waals surface area contributed by atoms with Gasteiger partial charge in [0.2, 0.25) is 0 Å². The molecular weight excluding hydrogens is 1270 g/mol. The molecule has 0 N–H and O–H groups in total. The number of hydrogen-bond acceptors (Lipinski definition) is 6. The quantitative estimate of drug-likeness (QED) is 0.0842. The second kappa shape index (κ2) is 18.4. The van der Waals surface area contributed by atoms with Crippen molar-refractivity contribution in [3.63, 3.8) is 0 Å².